The van der Waals surface area contributed by atoms with Gasteiger partial charge in [-0.25, -0.2) is 24.2 Å². The maximum atomic E-state index is 13.2. The van der Waals surface area contributed by atoms with Crippen molar-refractivity contribution in [3.05, 3.63) is 257 Å². The van der Waals surface area contributed by atoms with E-state index < -0.39 is 56.6 Å². The van der Waals surface area contributed by atoms with E-state index in [4.69, 9.17) is 43.1 Å². The molecule has 2 heterocycles. The van der Waals surface area contributed by atoms with Crippen LogP contribution in [0.1, 0.15) is 146 Å². The molecule has 0 fully saturated rings. The summed E-state index contributed by atoms with van der Waals surface area (Å²) >= 11 is 5.88. The van der Waals surface area contributed by atoms with Crippen LogP contribution >= 0.6 is 24.2 Å². The predicted octanol–water partition coefficient (Wildman–Crippen LogP) is 11.1. The van der Waals surface area contributed by atoms with Gasteiger partial charge in [0.15, 0.2) is 11.6 Å². The van der Waals surface area contributed by atoms with Crippen molar-refractivity contribution in [2.45, 2.75) is 150 Å². The van der Waals surface area contributed by atoms with E-state index in [2.05, 4.69) is 47.3 Å². The van der Waals surface area contributed by atoms with Crippen LogP contribution in [0.25, 0.3) is 32.7 Å². The van der Waals surface area contributed by atoms with E-state index in [0.717, 1.165) is 82.0 Å². The van der Waals surface area contributed by atoms with Crippen LogP contribution in [0.3, 0.4) is 0 Å². The fraction of sp³-hybridized carbons (Fsp3) is 0.319. The number of methoxy groups -OCH3 is 2. The number of Topliss-reactive ketones (excluding diaryl/α,β-unsaturated/α-hetero) is 2. The fourth-order valence-corrected chi connectivity index (χ4v) is 12.5. The third-order valence-electron chi connectivity index (χ3n) is 18.0. The van der Waals surface area contributed by atoms with Gasteiger partial charge in [0.1, 0.15) is 47.6 Å². The molecule has 0 radical (unpaired) electrons. The van der Waals surface area contributed by atoms with E-state index in [9.17, 15) is 48.4 Å². The Morgan fingerprint density at radius 2 is 0.902 bits per heavy atom. The molecular weight excluding hydrogens is 1740 g/mol. The maximum absolute atomic E-state index is 13.2. The van der Waals surface area contributed by atoms with Crippen molar-refractivity contribution in [3.8, 4) is 22.6 Å². The van der Waals surface area contributed by atoms with Gasteiger partial charge in [0.05, 0.1) is 40.2 Å². The number of fused-ring (bicyclic) bond motifs is 2. The van der Waals surface area contributed by atoms with E-state index in [-0.39, 0.29) is 153 Å². The second kappa shape index (κ2) is 57.2. The molecule has 123 heavy (non-hydrogen) atoms. The number of halogens is 1. The Morgan fingerprint density at radius 3 is 1.28 bits per heavy atom. The number of hydrogen-bond acceptors (Lipinski definition) is 22. The topological polar surface area (TPSA) is 361 Å². The van der Waals surface area contributed by atoms with Gasteiger partial charge >= 0.3 is 154 Å². The molecule has 636 valence electrons. The van der Waals surface area contributed by atoms with Crippen molar-refractivity contribution in [1.29, 1.82) is 0 Å². The van der Waals surface area contributed by atoms with Crippen LogP contribution in [0.5, 0.6) is 11.5 Å². The summed E-state index contributed by atoms with van der Waals surface area (Å²) in [6, 6.07) is 65.6. The number of carbonyl (C=O) groups is 8. The molecule has 4 amide bonds. The molecule has 0 aliphatic carbocycles. The molecule has 0 aliphatic rings. The second-order valence-corrected chi connectivity index (χ2v) is 31.1. The average Bonchev–Trinajstić information content (AvgIpc) is 0.789. The van der Waals surface area contributed by atoms with Gasteiger partial charge in [0.2, 0.25) is 11.8 Å². The Kier molecular flexibility index (Phi) is 50.5. The van der Waals surface area contributed by atoms with Gasteiger partial charge in [-0.05, 0) is 182 Å². The van der Waals surface area contributed by atoms with Crippen molar-refractivity contribution in [2.75, 3.05) is 50.2 Å². The Bertz CT molecular complexity index is 5040. The minimum atomic E-state index is -3.15. The van der Waals surface area contributed by atoms with E-state index in [1.807, 2.05) is 190 Å². The standard InChI is InChI=1S/C45H49N3O7.C28H36BrN3O6.C17H15BO3.CH4.3K.HO4P/c1-31-23-24-46-41(26-31)48(44(52)55-45(2,3)4)25-11-16-42(50)47-29-36(49)27-35(28-43(51)53-5)33-17-19-34(20-18-33)37-21-22-40(39-15-10-9-14-38(37)39)54-30-32-12-7-6-8-13-32;1-19-12-13-30-24(15-19)32(27(36)38-28(2,3)4)14-6-7-25(34)31-18-23(33)16-21(17-26(35)37-5)20-8-10-22(29)11-9-20;19-18(20)16-10-11-17(15-9-5-4-8-14(15)16)21-12-13-6-2-1-3-7-13;;;;;1-4-5(2)3/h6-10,12-15,17-24,26,35H,11,16,25,27-30H2,1-5H3,(H,47,50);8-13,15,21H,6-7,14,16-18H2,1-5H3,(H,31,34);1-11,19-20H,12H2;1H4;;;;1H/q;;;;;;+1;/p-1/t35-;21-;;;;;;/m11....../s1. The Morgan fingerprint density at radius 1 is 0.528 bits per heavy atom. The first-order chi connectivity index (χ1) is 57.8. The minimum absolute atomic E-state index is 0. The number of anilines is 2. The summed E-state index contributed by atoms with van der Waals surface area (Å²) in [7, 11) is -2.01. The number of benzene rings is 8. The Labute approximate surface area is 817 Å². The number of aryl methyl sites for hydroxylation is 2. The number of nitrogens with zero attached hydrogens (tertiary/aromatic N) is 4. The average molecular weight is 1840 g/mol. The number of pyridine rings is 2. The number of carbonyl (C=O) groups excluding carboxylic acids is 8. The molecule has 0 saturated heterocycles. The molecule has 10 aromatic rings. The van der Waals surface area contributed by atoms with Crippen LogP contribution in [0.4, 0.5) is 21.2 Å². The molecule has 2 aromatic heterocycles. The quantitative estimate of drug-likeness (QED) is 0.00741. The first-order valence-electron chi connectivity index (χ1n) is 39.4. The number of ketones is 2. The summed E-state index contributed by atoms with van der Waals surface area (Å²) in [6.45, 7) is 15.5. The van der Waals surface area contributed by atoms with Crippen LogP contribution < -0.4 is 96.9 Å². The number of nitrogens with one attached hydrogen (secondary N) is 2. The zero-order valence-electron chi connectivity index (χ0n) is 71.3. The predicted molar refractivity (Wildman–Crippen MR) is 473 cm³/mol. The molecule has 26 nitrogen and oxygen atoms in total. The number of rotatable bonds is 33. The third-order valence-corrected chi connectivity index (χ3v) is 18.6. The third kappa shape index (κ3) is 39.6. The summed E-state index contributed by atoms with van der Waals surface area (Å²) in [5, 5.41) is 36.5. The van der Waals surface area contributed by atoms with Gasteiger partial charge in [-0.2, -0.15) is 0 Å². The molecule has 0 bridgehead atoms. The molecule has 3 atom stereocenters. The van der Waals surface area contributed by atoms with Crippen molar-refractivity contribution in [3.63, 3.8) is 0 Å². The van der Waals surface area contributed by atoms with Crippen molar-refractivity contribution in [2.24, 2.45) is 0 Å². The first-order valence-corrected chi connectivity index (χ1v) is 57.3. The van der Waals surface area contributed by atoms with Crippen molar-refractivity contribution in [1.82, 2.24) is 20.6 Å². The van der Waals surface area contributed by atoms with Crippen LogP contribution in [0, 0.1) is 13.8 Å². The summed E-state index contributed by atoms with van der Waals surface area (Å²) in [5.74, 6) is -0.288. The zero-order chi connectivity index (χ0) is 88.6. The molecule has 0 saturated carbocycles. The summed E-state index contributed by atoms with van der Waals surface area (Å²) in [6.07, 6.45) is 3.19. The summed E-state index contributed by atoms with van der Waals surface area (Å²) in [5.41, 5.74) is 6.81. The summed E-state index contributed by atoms with van der Waals surface area (Å²) < 4.78 is 45.1. The van der Waals surface area contributed by atoms with Gasteiger partial charge < -0.3 is 59.3 Å². The second-order valence-electron chi connectivity index (χ2n) is 29.6. The van der Waals surface area contributed by atoms with Crippen molar-refractivity contribution >= 4 is 181 Å². The zero-order valence-corrected chi connectivity index (χ0v) is 83.1. The molecular formula is C91H104BBrK3N6O20P. The number of hydrogen-bond donors (Lipinski definition) is 4. The van der Waals surface area contributed by atoms with E-state index in [0.29, 0.717) is 43.2 Å². The Hall–Kier alpha value is -6.71. The molecule has 0 aliphatic heterocycles. The molecule has 4 N–H and O–H groups in total. The van der Waals surface area contributed by atoms with E-state index >= 15 is 0 Å². The number of esters is 2. The van der Waals surface area contributed by atoms with Gasteiger partial charge in [0, 0.05) is 78.2 Å². The van der Waals surface area contributed by atoms with Crippen LogP contribution in [-0.4, -0.2) is 189 Å². The fourth-order valence-electron chi connectivity index (χ4n) is 12.2. The first kappa shape index (κ1) is 109. The van der Waals surface area contributed by atoms with E-state index in [1.54, 1.807) is 78.2 Å². The number of amides is 4. The Balaban J connectivity index is 0.000000402. The van der Waals surface area contributed by atoms with Gasteiger partial charge in [-0.3, -0.25) is 38.6 Å². The molecule has 32 heteroatoms. The van der Waals surface area contributed by atoms with Crippen molar-refractivity contribution < 1.29 is 148 Å². The SMILES string of the molecule is C.COC(=O)C[C@@H](CC(=O)CNC(=O)CCCN(C(=O)OC(C)(C)C)c1cc(C)ccn1)c1ccc(-c2ccc(OCc3ccccc3)c3ccccc23)cc1.COC(=O)C[C@@H](CC(=O)CNC(=O)CCCN(C(=O)OC(C)(C)C)c1cc(C)ccn1)c1ccc(Br)cc1.O=[P+]([O-])O[O-].OB(O)c1ccc(OCc2ccccc2)c2ccccc12.[K+].[K][K]. The van der Waals surface area contributed by atoms with Crippen LogP contribution in [-0.2, 0) is 70.2 Å². The molecule has 1 unspecified atom stereocenters. The van der Waals surface area contributed by atoms with Gasteiger partial charge in [-0.1, -0.05) is 181 Å². The molecule has 8 aromatic carbocycles. The monoisotopic (exact) mass is 1840 g/mol. The van der Waals surface area contributed by atoms with Gasteiger partial charge in [-0.15, -0.1) is 0 Å². The summed E-state index contributed by atoms with van der Waals surface area (Å²) in [4.78, 5) is 121. The molecule has 0 spiro atoms. The van der Waals surface area contributed by atoms with Crippen LogP contribution in [0.2, 0.25) is 0 Å². The molecule has 10 rings (SSSR count). The number of ether oxygens (including phenoxy) is 6. The normalized spacial score (nSPS) is 11.2. The van der Waals surface area contributed by atoms with E-state index in [1.165, 1.54) is 87.2 Å². The van der Waals surface area contributed by atoms with Gasteiger partial charge in [0.25, 0.3) is 0 Å². The number of aromatic nitrogens is 2. The van der Waals surface area contributed by atoms with Crippen LogP contribution in [0.15, 0.2) is 223 Å².